The van der Waals surface area contributed by atoms with E-state index in [1.165, 1.54) is 18.4 Å². The molecule has 0 spiro atoms. The quantitative estimate of drug-likeness (QED) is 0.534. The molecule has 2 aromatic rings. The Balaban J connectivity index is 2.11. The zero-order valence-electron chi connectivity index (χ0n) is 13.7. The first-order valence-corrected chi connectivity index (χ1v) is 8.14. The molecule has 0 aliphatic heterocycles. The molecule has 0 fully saturated rings. The summed E-state index contributed by atoms with van der Waals surface area (Å²) in [4.78, 5) is 35.1. The molecule has 1 aromatic carbocycles. The third kappa shape index (κ3) is 5.78. The predicted molar refractivity (Wildman–Crippen MR) is 92.9 cm³/mol. The van der Waals surface area contributed by atoms with Crippen LogP contribution >= 0.6 is 11.6 Å². The Labute approximate surface area is 154 Å². The summed E-state index contributed by atoms with van der Waals surface area (Å²) in [6.07, 6.45) is 2.82. The molecule has 1 aromatic heterocycles. The maximum atomic E-state index is 12.4. The molecule has 7 nitrogen and oxygen atoms in total. The van der Waals surface area contributed by atoms with Gasteiger partial charge in [0.1, 0.15) is 11.5 Å². The minimum absolute atomic E-state index is 0.0571. The van der Waals surface area contributed by atoms with Gasteiger partial charge in [-0.05, 0) is 37.1 Å². The van der Waals surface area contributed by atoms with E-state index in [1.54, 1.807) is 30.3 Å². The molecule has 0 atom stereocenters. The predicted octanol–water partition coefficient (Wildman–Crippen LogP) is 1.35. The van der Waals surface area contributed by atoms with Crippen molar-refractivity contribution in [1.82, 2.24) is 10.6 Å². The number of carbonyl (C=O) groups excluding carboxylic acids is 3. The van der Waals surface area contributed by atoms with Crippen molar-refractivity contribution in [2.24, 2.45) is 0 Å². The number of carbonyl (C=O) groups is 3. The van der Waals surface area contributed by atoms with Crippen LogP contribution in [0.1, 0.15) is 29.0 Å². The van der Waals surface area contributed by atoms with Crippen LogP contribution in [0.15, 0.2) is 52.8 Å². The zero-order valence-corrected chi connectivity index (χ0v) is 14.4. The van der Waals surface area contributed by atoms with Gasteiger partial charge < -0.3 is 25.0 Å². The first-order valence-electron chi connectivity index (χ1n) is 7.76. The van der Waals surface area contributed by atoms with Gasteiger partial charge in [-0.3, -0.25) is 9.59 Å². The first-order chi connectivity index (χ1) is 12.5. The largest absolute Gasteiger partial charge is 0.550 e. The monoisotopic (exact) mass is 375 g/mol. The molecule has 0 aliphatic rings. The topological polar surface area (TPSA) is 111 Å². The van der Waals surface area contributed by atoms with E-state index in [0.717, 1.165) is 0 Å². The van der Waals surface area contributed by atoms with Crippen molar-refractivity contribution in [2.45, 2.75) is 12.8 Å². The number of furan rings is 1. The first kappa shape index (κ1) is 19.3. The number of carboxylic acid groups (broad SMARTS) is 1. The standard InChI is InChI=1S/C18H17ClN2O5/c19-14-7-2-1-6-13(14)17(24)21-15(11-12-5-4-10-26-12)18(25)20-9-3-8-16(22)23/h1-2,4-7,10-11H,3,8-9H2,(H,20,25)(H,21,24)(H,22,23)/p-1/b15-11+. The van der Waals surface area contributed by atoms with E-state index in [4.69, 9.17) is 16.0 Å². The molecule has 1 heterocycles. The number of amides is 2. The second-order valence-corrected chi connectivity index (χ2v) is 5.65. The van der Waals surface area contributed by atoms with Gasteiger partial charge in [0.15, 0.2) is 0 Å². The van der Waals surface area contributed by atoms with Crippen molar-refractivity contribution in [3.63, 3.8) is 0 Å². The summed E-state index contributed by atoms with van der Waals surface area (Å²) in [6.45, 7) is 0.115. The molecule has 0 saturated heterocycles. The van der Waals surface area contributed by atoms with Crippen molar-refractivity contribution in [3.05, 3.63) is 64.7 Å². The summed E-state index contributed by atoms with van der Waals surface area (Å²) < 4.78 is 5.16. The SMILES string of the molecule is O=C([O-])CCCNC(=O)/C(=C\c1ccco1)NC(=O)c1ccccc1Cl. The molecule has 2 rings (SSSR count). The smallest absolute Gasteiger partial charge is 0.267 e. The maximum absolute atomic E-state index is 12.4. The van der Waals surface area contributed by atoms with Crippen LogP contribution in [-0.2, 0) is 9.59 Å². The summed E-state index contributed by atoms with van der Waals surface area (Å²) in [5, 5.41) is 15.7. The number of nitrogens with one attached hydrogen (secondary N) is 2. The van der Waals surface area contributed by atoms with Gasteiger partial charge in [-0.1, -0.05) is 23.7 Å². The third-order valence-corrected chi connectivity index (χ3v) is 3.61. The number of carboxylic acids is 1. The van der Waals surface area contributed by atoms with Gasteiger partial charge in [-0.2, -0.15) is 0 Å². The summed E-state index contributed by atoms with van der Waals surface area (Å²) in [5.74, 6) is -1.97. The fraction of sp³-hybridized carbons (Fsp3) is 0.167. The van der Waals surface area contributed by atoms with Crippen molar-refractivity contribution in [1.29, 1.82) is 0 Å². The molecule has 2 N–H and O–H groups in total. The molecule has 8 heteroatoms. The van der Waals surface area contributed by atoms with Crippen LogP contribution in [0.25, 0.3) is 6.08 Å². The van der Waals surface area contributed by atoms with Crippen molar-refractivity contribution in [2.75, 3.05) is 6.54 Å². The molecule has 0 saturated carbocycles. The lowest BCUT2D eigenvalue weighted by Crippen LogP contribution is -2.35. The van der Waals surface area contributed by atoms with Crippen molar-refractivity contribution in [3.8, 4) is 0 Å². The molecule has 0 radical (unpaired) electrons. The van der Waals surface area contributed by atoms with Crippen LogP contribution in [0, 0.1) is 0 Å². The van der Waals surface area contributed by atoms with E-state index in [0.29, 0.717) is 5.76 Å². The summed E-state index contributed by atoms with van der Waals surface area (Å²) in [5.41, 5.74) is 0.155. The molecule has 26 heavy (non-hydrogen) atoms. The van der Waals surface area contributed by atoms with Crippen LogP contribution in [-0.4, -0.2) is 24.3 Å². The van der Waals surface area contributed by atoms with Gasteiger partial charge in [0.2, 0.25) is 0 Å². The normalized spacial score (nSPS) is 11.0. The van der Waals surface area contributed by atoms with Crippen LogP contribution < -0.4 is 15.7 Å². The minimum atomic E-state index is -1.20. The Morgan fingerprint density at radius 1 is 1.15 bits per heavy atom. The van der Waals surface area contributed by atoms with E-state index >= 15 is 0 Å². The van der Waals surface area contributed by atoms with Gasteiger partial charge >= 0.3 is 0 Å². The Hall–Kier alpha value is -3.06. The van der Waals surface area contributed by atoms with Crippen molar-refractivity contribution < 1.29 is 23.9 Å². The Morgan fingerprint density at radius 2 is 1.92 bits per heavy atom. The number of aliphatic carboxylic acids is 1. The number of rotatable bonds is 8. The second-order valence-electron chi connectivity index (χ2n) is 5.24. The highest BCUT2D eigenvalue weighted by atomic mass is 35.5. The molecule has 136 valence electrons. The van der Waals surface area contributed by atoms with Crippen LogP contribution in [0.4, 0.5) is 0 Å². The lowest BCUT2D eigenvalue weighted by atomic mass is 10.2. The lowest BCUT2D eigenvalue weighted by Gasteiger charge is -2.11. The molecule has 0 unspecified atom stereocenters. The Bertz CT molecular complexity index is 815. The van der Waals surface area contributed by atoms with Crippen LogP contribution in [0.3, 0.4) is 0 Å². The van der Waals surface area contributed by atoms with E-state index in [-0.39, 0.29) is 35.7 Å². The number of halogens is 1. The van der Waals surface area contributed by atoms with Crippen LogP contribution in [0.2, 0.25) is 5.02 Å². The molecular weight excluding hydrogens is 360 g/mol. The highest BCUT2D eigenvalue weighted by molar-refractivity contribution is 6.34. The van der Waals surface area contributed by atoms with E-state index in [2.05, 4.69) is 10.6 Å². The van der Waals surface area contributed by atoms with E-state index in [9.17, 15) is 19.5 Å². The van der Waals surface area contributed by atoms with E-state index < -0.39 is 17.8 Å². The van der Waals surface area contributed by atoms with Crippen molar-refractivity contribution >= 4 is 35.5 Å². The fourth-order valence-corrected chi connectivity index (χ4v) is 2.26. The second kappa shape index (κ2) is 9.43. The third-order valence-electron chi connectivity index (χ3n) is 3.28. The summed E-state index contributed by atoms with van der Waals surface area (Å²) in [7, 11) is 0. The van der Waals surface area contributed by atoms with Gasteiger partial charge in [0.25, 0.3) is 11.8 Å². The molecular formula is C18H16ClN2O5-. The zero-order chi connectivity index (χ0) is 18.9. The molecule has 0 aliphatic carbocycles. The van der Waals surface area contributed by atoms with Gasteiger partial charge in [0.05, 0.1) is 16.8 Å². The van der Waals surface area contributed by atoms with Gasteiger partial charge in [-0.25, -0.2) is 0 Å². The van der Waals surface area contributed by atoms with E-state index in [1.807, 2.05) is 0 Å². The Morgan fingerprint density at radius 3 is 2.58 bits per heavy atom. The number of benzene rings is 1. The lowest BCUT2D eigenvalue weighted by molar-refractivity contribution is -0.305. The van der Waals surface area contributed by atoms with Crippen LogP contribution in [0.5, 0.6) is 0 Å². The maximum Gasteiger partial charge on any atom is 0.267 e. The average molecular weight is 376 g/mol. The van der Waals surface area contributed by atoms with Gasteiger partial charge in [0, 0.05) is 18.6 Å². The molecule has 2 amide bonds. The van der Waals surface area contributed by atoms with Gasteiger partial charge in [-0.15, -0.1) is 0 Å². The molecule has 0 bridgehead atoms. The Kier molecular flexibility index (Phi) is 6.99. The highest BCUT2D eigenvalue weighted by Gasteiger charge is 2.16. The number of hydrogen-bond acceptors (Lipinski definition) is 5. The number of hydrogen-bond donors (Lipinski definition) is 2. The highest BCUT2D eigenvalue weighted by Crippen LogP contribution is 2.15. The summed E-state index contributed by atoms with van der Waals surface area (Å²) >= 11 is 6.00. The summed E-state index contributed by atoms with van der Waals surface area (Å²) in [6, 6.07) is 9.67. The average Bonchev–Trinajstić information content (AvgIpc) is 3.11. The minimum Gasteiger partial charge on any atom is -0.550 e. The fourth-order valence-electron chi connectivity index (χ4n) is 2.04.